The molecule has 0 bridgehead atoms. The Bertz CT molecular complexity index is 1300. The number of benzene rings is 2. The minimum atomic E-state index is -4.61. The lowest BCUT2D eigenvalue weighted by Crippen LogP contribution is -2.47. The topological polar surface area (TPSA) is 71.2 Å². The molecule has 5 rings (SSSR count). The third-order valence-corrected chi connectivity index (χ3v) is 6.11. The van der Waals surface area contributed by atoms with E-state index in [0.29, 0.717) is 49.1 Å². The molecule has 1 fully saturated rings. The van der Waals surface area contributed by atoms with E-state index in [-0.39, 0.29) is 11.6 Å². The zero-order valence-corrected chi connectivity index (χ0v) is 18.8. The van der Waals surface area contributed by atoms with Crippen LogP contribution in [0.4, 0.5) is 19.0 Å². The van der Waals surface area contributed by atoms with Gasteiger partial charge in [-0.3, -0.25) is 4.90 Å². The first-order chi connectivity index (χ1) is 16.3. The fourth-order valence-electron chi connectivity index (χ4n) is 4.13. The second kappa shape index (κ2) is 8.68. The van der Waals surface area contributed by atoms with Crippen LogP contribution in [0.2, 0.25) is 0 Å². The Morgan fingerprint density at radius 3 is 2.32 bits per heavy atom. The zero-order valence-electron chi connectivity index (χ0n) is 18.8. The molecule has 10 heteroatoms. The number of para-hydroxylation sites is 1. The molecule has 4 aromatic rings. The van der Waals surface area contributed by atoms with Crippen LogP contribution < -0.4 is 4.90 Å². The van der Waals surface area contributed by atoms with Crippen molar-refractivity contribution in [3.8, 4) is 11.4 Å². The third kappa shape index (κ3) is 4.33. The first kappa shape index (κ1) is 22.3. The summed E-state index contributed by atoms with van der Waals surface area (Å²) in [6.45, 7) is 6.26. The molecule has 1 saturated heterocycles. The van der Waals surface area contributed by atoms with Crippen molar-refractivity contribution < 1.29 is 17.7 Å². The number of hydrogen-bond acceptors (Lipinski definition) is 7. The van der Waals surface area contributed by atoms with Gasteiger partial charge in [-0.15, -0.1) is 0 Å². The highest BCUT2D eigenvalue weighted by Crippen LogP contribution is 2.33. The quantitative estimate of drug-likeness (QED) is 0.422. The molecule has 2 aromatic heterocycles. The van der Waals surface area contributed by atoms with Crippen molar-refractivity contribution in [3.05, 3.63) is 65.8 Å². The average Bonchev–Trinajstić information content (AvgIpc) is 3.33. The summed E-state index contributed by atoms with van der Waals surface area (Å²) in [5.41, 5.74) is 2.32. The fourth-order valence-corrected chi connectivity index (χ4v) is 4.13. The molecule has 1 aliphatic heterocycles. The van der Waals surface area contributed by atoms with E-state index >= 15 is 0 Å². The van der Waals surface area contributed by atoms with Crippen LogP contribution in [0.25, 0.3) is 22.3 Å². The van der Waals surface area contributed by atoms with E-state index in [1.165, 1.54) is 0 Å². The normalized spacial score (nSPS) is 16.2. The molecule has 1 aliphatic rings. The number of alkyl halides is 3. The van der Waals surface area contributed by atoms with Crippen molar-refractivity contribution >= 4 is 16.7 Å². The largest absolute Gasteiger partial charge is 0.451 e. The summed E-state index contributed by atoms with van der Waals surface area (Å²) >= 11 is 0. The molecule has 2 aromatic carbocycles. The predicted molar refractivity (Wildman–Crippen MR) is 121 cm³/mol. The Morgan fingerprint density at radius 1 is 0.912 bits per heavy atom. The van der Waals surface area contributed by atoms with Gasteiger partial charge < -0.3 is 9.42 Å². The van der Waals surface area contributed by atoms with E-state index in [9.17, 15) is 13.2 Å². The maximum Gasteiger partial charge on any atom is 0.451 e. The van der Waals surface area contributed by atoms with Crippen LogP contribution in [0.3, 0.4) is 0 Å². The van der Waals surface area contributed by atoms with Gasteiger partial charge in [0.2, 0.25) is 17.5 Å². The van der Waals surface area contributed by atoms with E-state index in [1.54, 1.807) is 24.3 Å². The summed E-state index contributed by atoms with van der Waals surface area (Å²) in [5.74, 6) is 0.236. The van der Waals surface area contributed by atoms with Crippen LogP contribution in [0.15, 0.2) is 53.1 Å². The van der Waals surface area contributed by atoms with Crippen molar-refractivity contribution in [2.45, 2.75) is 26.1 Å². The molecule has 7 nitrogen and oxygen atoms in total. The van der Waals surface area contributed by atoms with Gasteiger partial charge in [0.05, 0.1) is 11.6 Å². The van der Waals surface area contributed by atoms with Crippen molar-refractivity contribution in [2.24, 2.45) is 0 Å². The lowest BCUT2D eigenvalue weighted by molar-refractivity contribution is -0.144. The highest BCUT2D eigenvalue weighted by Gasteiger charge is 2.36. The number of piperazine rings is 1. The number of halogens is 3. The molecule has 0 aliphatic carbocycles. The molecule has 34 heavy (non-hydrogen) atoms. The lowest BCUT2D eigenvalue weighted by atomic mass is 10.1. The third-order valence-electron chi connectivity index (χ3n) is 6.11. The molecular weight excluding hydrogens is 445 g/mol. The van der Waals surface area contributed by atoms with Gasteiger partial charge in [0.1, 0.15) is 5.82 Å². The van der Waals surface area contributed by atoms with Crippen molar-refractivity contribution in [1.29, 1.82) is 0 Å². The van der Waals surface area contributed by atoms with Gasteiger partial charge >= 0.3 is 6.18 Å². The first-order valence-corrected chi connectivity index (χ1v) is 11.0. The summed E-state index contributed by atoms with van der Waals surface area (Å²) < 4.78 is 45.7. The average molecular weight is 468 g/mol. The van der Waals surface area contributed by atoms with E-state index in [1.807, 2.05) is 43.0 Å². The van der Waals surface area contributed by atoms with E-state index in [0.717, 1.165) is 11.1 Å². The van der Waals surface area contributed by atoms with Crippen LogP contribution in [-0.4, -0.2) is 51.2 Å². The van der Waals surface area contributed by atoms with Crippen LogP contribution >= 0.6 is 0 Å². The van der Waals surface area contributed by atoms with Crippen LogP contribution in [-0.2, 0) is 6.18 Å². The molecular formula is C24H23F3N6O. The number of nitrogens with zero attached hydrogens (tertiary/aromatic N) is 6. The molecule has 0 unspecified atom stereocenters. The molecule has 0 N–H and O–H groups in total. The Kier molecular flexibility index (Phi) is 5.68. The number of aromatic nitrogens is 4. The smallest absolute Gasteiger partial charge is 0.353 e. The number of rotatable bonds is 4. The van der Waals surface area contributed by atoms with Gasteiger partial charge in [0, 0.05) is 37.1 Å². The van der Waals surface area contributed by atoms with Gasteiger partial charge in [-0.2, -0.15) is 18.2 Å². The predicted octanol–water partition coefficient (Wildman–Crippen LogP) is 4.89. The van der Waals surface area contributed by atoms with Crippen LogP contribution in [0.5, 0.6) is 0 Å². The minimum absolute atomic E-state index is 0.123. The number of fused-ring (bicyclic) bond motifs is 1. The Balaban J connectivity index is 1.32. The maximum atomic E-state index is 13.4. The van der Waals surface area contributed by atoms with Crippen molar-refractivity contribution in [2.75, 3.05) is 31.1 Å². The summed E-state index contributed by atoms with van der Waals surface area (Å²) in [5, 5.41) is 4.72. The maximum absolute atomic E-state index is 13.4. The second-order valence-electron chi connectivity index (χ2n) is 8.41. The highest BCUT2D eigenvalue weighted by molar-refractivity contribution is 5.89. The van der Waals surface area contributed by atoms with Gasteiger partial charge in [-0.05, 0) is 26.0 Å². The number of anilines is 1. The van der Waals surface area contributed by atoms with E-state index in [2.05, 4.69) is 25.0 Å². The van der Waals surface area contributed by atoms with Gasteiger partial charge in [-0.1, -0.05) is 47.1 Å². The molecule has 176 valence electrons. The molecule has 3 heterocycles. The van der Waals surface area contributed by atoms with Crippen LogP contribution in [0.1, 0.15) is 30.2 Å². The molecule has 0 radical (unpaired) electrons. The van der Waals surface area contributed by atoms with Crippen molar-refractivity contribution in [1.82, 2.24) is 25.0 Å². The number of hydrogen-bond donors (Lipinski definition) is 0. The van der Waals surface area contributed by atoms with Gasteiger partial charge in [0.15, 0.2) is 0 Å². The minimum Gasteiger partial charge on any atom is -0.353 e. The molecule has 0 amide bonds. The van der Waals surface area contributed by atoms with Gasteiger partial charge in [0.25, 0.3) is 0 Å². The Morgan fingerprint density at radius 2 is 1.62 bits per heavy atom. The zero-order chi connectivity index (χ0) is 23.9. The monoisotopic (exact) mass is 468 g/mol. The van der Waals surface area contributed by atoms with E-state index in [4.69, 9.17) is 4.52 Å². The molecule has 0 saturated carbocycles. The fraction of sp³-hybridized carbons (Fsp3) is 0.333. The van der Waals surface area contributed by atoms with E-state index < -0.39 is 12.0 Å². The summed E-state index contributed by atoms with van der Waals surface area (Å²) in [7, 11) is 0. The number of aryl methyl sites for hydroxylation is 1. The SMILES string of the molecule is Cc1ccc(-c2noc([C@@H](C)N3CCN(c4nc(C(F)(F)F)nc5ccccc45)CC3)n2)cc1. The summed E-state index contributed by atoms with van der Waals surface area (Å²) in [4.78, 5) is 16.2. The lowest BCUT2D eigenvalue weighted by Gasteiger charge is -2.37. The molecule has 0 spiro atoms. The Hall–Kier alpha value is -3.53. The standard InChI is InChI=1S/C24H23F3N6O/c1-15-7-9-17(10-8-15)20-29-22(34-31-20)16(2)32-11-13-33(14-12-32)21-18-5-3-4-6-19(18)28-23(30-21)24(25,26)27/h3-10,16H,11-14H2,1-2H3/t16-/m1/s1. The highest BCUT2D eigenvalue weighted by atomic mass is 19.4. The summed E-state index contributed by atoms with van der Waals surface area (Å²) in [6, 6.07) is 14.6. The van der Waals surface area contributed by atoms with Crippen LogP contribution in [0, 0.1) is 6.92 Å². The Labute approximate surface area is 194 Å². The first-order valence-electron chi connectivity index (χ1n) is 11.0. The summed E-state index contributed by atoms with van der Waals surface area (Å²) in [6.07, 6.45) is -4.61. The molecule has 1 atom stereocenters. The van der Waals surface area contributed by atoms with Gasteiger partial charge in [-0.25, -0.2) is 9.97 Å². The van der Waals surface area contributed by atoms with Crippen molar-refractivity contribution in [3.63, 3.8) is 0 Å². The second-order valence-corrected chi connectivity index (χ2v) is 8.41.